The molecule has 1 aromatic heterocycles. The summed E-state index contributed by atoms with van der Waals surface area (Å²) >= 11 is 1.33. The molecule has 2 aliphatic rings. The molecule has 180 valence electrons. The monoisotopic (exact) mass is 486 g/mol. The highest BCUT2D eigenvalue weighted by atomic mass is 32.2. The number of amides is 1. The molecule has 2 heterocycles. The van der Waals surface area contributed by atoms with Crippen molar-refractivity contribution in [2.45, 2.75) is 70.4 Å². The van der Waals surface area contributed by atoms with Crippen molar-refractivity contribution in [3.8, 4) is 11.4 Å². The minimum absolute atomic E-state index is 0.0371. The maximum Gasteiger partial charge on any atom is 0.246 e. The van der Waals surface area contributed by atoms with E-state index in [-0.39, 0.29) is 11.7 Å². The van der Waals surface area contributed by atoms with Crippen LogP contribution in [-0.4, -0.2) is 26.6 Å². The number of fused-ring (bicyclic) bond motifs is 2. The predicted molar refractivity (Wildman–Crippen MR) is 139 cm³/mol. The maximum atomic E-state index is 13.7. The molecular formula is C28H30N4O2S. The Labute approximate surface area is 210 Å². The molecule has 3 aromatic rings. The maximum absolute atomic E-state index is 13.7. The zero-order valence-electron chi connectivity index (χ0n) is 20.3. The number of carbonyl (C=O) groups is 2. The number of aromatic nitrogens is 3. The fourth-order valence-corrected chi connectivity index (χ4v) is 5.87. The molecule has 1 aliphatic heterocycles. The fourth-order valence-electron chi connectivity index (χ4n) is 4.83. The molecule has 0 atom stereocenters. The van der Waals surface area contributed by atoms with E-state index in [0.29, 0.717) is 40.8 Å². The predicted octanol–water partition coefficient (Wildman–Crippen LogP) is 5.93. The van der Waals surface area contributed by atoms with Crippen LogP contribution in [0.15, 0.2) is 58.6 Å². The average Bonchev–Trinajstić information content (AvgIpc) is 3.32. The second-order valence-corrected chi connectivity index (χ2v) is 10.1. The summed E-state index contributed by atoms with van der Waals surface area (Å²) in [5.41, 5.74) is 5.11. The Kier molecular flexibility index (Phi) is 6.86. The largest absolute Gasteiger partial charge is 0.294 e. The molecule has 7 heteroatoms. The van der Waals surface area contributed by atoms with Gasteiger partial charge in [0.15, 0.2) is 11.6 Å². The van der Waals surface area contributed by atoms with Crippen molar-refractivity contribution >= 4 is 29.1 Å². The van der Waals surface area contributed by atoms with Crippen LogP contribution in [0.25, 0.3) is 17.1 Å². The number of thioether (sulfide) groups is 1. The summed E-state index contributed by atoms with van der Waals surface area (Å²) in [7, 11) is 0. The lowest BCUT2D eigenvalue weighted by molar-refractivity contribution is -0.119. The lowest BCUT2D eigenvalue weighted by Gasteiger charge is -2.33. The number of Topliss-reactive ketones (excluding diaryl/α,β-unsaturated/α-hetero) is 1. The first kappa shape index (κ1) is 23.5. The van der Waals surface area contributed by atoms with Crippen molar-refractivity contribution in [3.05, 3.63) is 70.1 Å². The third kappa shape index (κ3) is 4.45. The van der Waals surface area contributed by atoms with E-state index in [4.69, 9.17) is 0 Å². The Morgan fingerprint density at radius 3 is 2.37 bits per heavy atom. The van der Waals surface area contributed by atoms with Gasteiger partial charge in [-0.2, -0.15) is 4.68 Å². The zero-order valence-corrected chi connectivity index (χ0v) is 21.1. The molecule has 0 saturated heterocycles. The van der Waals surface area contributed by atoms with Crippen molar-refractivity contribution in [2.75, 3.05) is 5.01 Å². The molecular weight excluding hydrogens is 456 g/mol. The molecule has 0 radical (unpaired) electrons. The first-order chi connectivity index (χ1) is 17.1. The van der Waals surface area contributed by atoms with Gasteiger partial charge in [-0.05, 0) is 67.5 Å². The quantitative estimate of drug-likeness (QED) is 0.414. The molecule has 0 fully saturated rings. The molecule has 0 bridgehead atoms. The molecule has 0 spiro atoms. The van der Waals surface area contributed by atoms with Crippen LogP contribution in [0.4, 0.5) is 0 Å². The molecule has 1 aliphatic carbocycles. The second-order valence-electron chi connectivity index (χ2n) is 9.08. The summed E-state index contributed by atoms with van der Waals surface area (Å²) in [6, 6.07) is 16.2. The smallest absolute Gasteiger partial charge is 0.246 e. The lowest BCUT2D eigenvalue weighted by atomic mass is 9.89. The van der Waals surface area contributed by atoms with Gasteiger partial charge in [-0.1, -0.05) is 56.3 Å². The molecule has 6 nitrogen and oxygen atoms in total. The Bertz CT molecular complexity index is 1300. The third-order valence-electron chi connectivity index (χ3n) is 6.52. The van der Waals surface area contributed by atoms with Gasteiger partial charge in [0.2, 0.25) is 11.1 Å². The van der Waals surface area contributed by atoms with Crippen molar-refractivity contribution in [3.63, 3.8) is 0 Å². The summed E-state index contributed by atoms with van der Waals surface area (Å²) < 4.78 is 1.80. The lowest BCUT2D eigenvalue weighted by Crippen LogP contribution is -2.42. The summed E-state index contributed by atoms with van der Waals surface area (Å²) in [6.07, 6.45) is 6.71. The van der Waals surface area contributed by atoms with E-state index in [1.807, 2.05) is 44.2 Å². The van der Waals surface area contributed by atoms with Gasteiger partial charge in [-0.25, -0.2) is 5.01 Å². The van der Waals surface area contributed by atoms with Crippen molar-refractivity contribution in [1.82, 2.24) is 14.9 Å². The molecule has 1 amide bonds. The number of carbonyl (C=O) groups excluding carboxylic acids is 2. The van der Waals surface area contributed by atoms with Gasteiger partial charge in [0, 0.05) is 24.0 Å². The van der Waals surface area contributed by atoms with Crippen LogP contribution >= 0.6 is 11.8 Å². The van der Waals surface area contributed by atoms with Crippen LogP contribution in [0.1, 0.15) is 69.1 Å². The van der Waals surface area contributed by atoms with Crippen LogP contribution in [0, 0.1) is 0 Å². The highest BCUT2D eigenvalue weighted by Gasteiger charge is 2.37. The van der Waals surface area contributed by atoms with E-state index in [9.17, 15) is 9.59 Å². The summed E-state index contributed by atoms with van der Waals surface area (Å²) in [5.74, 6) is 0.561. The van der Waals surface area contributed by atoms with Gasteiger partial charge in [-0.15, -0.1) is 10.2 Å². The topological polar surface area (TPSA) is 68.1 Å². The minimum atomic E-state index is -0.0689. The third-order valence-corrected chi connectivity index (χ3v) is 7.58. The van der Waals surface area contributed by atoms with E-state index in [0.717, 1.165) is 36.8 Å². The molecule has 5 rings (SSSR count). The van der Waals surface area contributed by atoms with Crippen LogP contribution in [0.3, 0.4) is 0 Å². The molecule has 0 N–H and O–H groups in total. The number of rotatable bonds is 7. The summed E-state index contributed by atoms with van der Waals surface area (Å²) in [5, 5.41) is 11.1. The molecule has 35 heavy (non-hydrogen) atoms. The van der Waals surface area contributed by atoms with Crippen LogP contribution in [0.5, 0.6) is 0 Å². The van der Waals surface area contributed by atoms with E-state index in [1.54, 1.807) is 9.69 Å². The van der Waals surface area contributed by atoms with Crippen LogP contribution in [-0.2, 0) is 22.4 Å². The first-order valence-electron chi connectivity index (χ1n) is 12.5. The summed E-state index contributed by atoms with van der Waals surface area (Å²) in [4.78, 5) is 27.7. The Hall–Kier alpha value is -3.19. The van der Waals surface area contributed by atoms with E-state index >= 15 is 0 Å². The standard InChI is InChI=1S/C28H30N4O2S/c1-3-10-23(33)26-25(22-17-16-19-12-8-9-15-21(19)18-22)31(24(34)11-4-2)32-27(29-30-28(32)35-26)20-13-6-5-7-14-20/h5-7,13-14,16-18H,3-4,8-12,15H2,1-2H3. The van der Waals surface area contributed by atoms with Gasteiger partial charge in [0.1, 0.15) is 0 Å². The Balaban J connectivity index is 1.74. The highest BCUT2D eigenvalue weighted by molar-refractivity contribution is 8.04. The number of allylic oxidation sites excluding steroid dienone is 1. The van der Waals surface area contributed by atoms with Crippen molar-refractivity contribution in [2.24, 2.45) is 0 Å². The number of aryl methyl sites for hydroxylation is 2. The normalized spacial score (nSPS) is 15.1. The Morgan fingerprint density at radius 2 is 1.63 bits per heavy atom. The number of benzene rings is 2. The zero-order chi connectivity index (χ0) is 24.4. The van der Waals surface area contributed by atoms with Gasteiger partial charge in [-0.3, -0.25) is 9.59 Å². The summed E-state index contributed by atoms with van der Waals surface area (Å²) in [6.45, 7) is 3.99. The number of hydrogen-bond donors (Lipinski definition) is 0. The van der Waals surface area contributed by atoms with Gasteiger partial charge in [0.05, 0.1) is 10.6 Å². The van der Waals surface area contributed by atoms with Gasteiger partial charge in [0.25, 0.3) is 0 Å². The van der Waals surface area contributed by atoms with Crippen LogP contribution < -0.4 is 5.01 Å². The number of nitrogens with zero attached hydrogens (tertiary/aromatic N) is 4. The highest BCUT2D eigenvalue weighted by Crippen LogP contribution is 2.42. The second kappa shape index (κ2) is 10.2. The molecule has 0 saturated carbocycles. The Morgan fingerprint density at radius 1 is 0.886 bits per heavy atom. The van der Waals surface area contributed by atoms with E-state index < -0.39 is 0 Å². The van der Waals surface area contributed by atoms with Gasteiger partial charge < -0.3 is 0 Å². The number of hydrogen-bond acceptors (Lipinski definition) is 5. The SMILES string of the molecule is CCCC(=O)C1=C(c2ccc3c(c2)CCCC3)N(C(=O)CCC)n2c(nnc2-c2ccccc2)S1. The minimum Gasteiger partial charge on any atom is -0.294 e. The first-order valence-corrected chi connectivity index (χ1v) is 13.4. The van der Waals surface area contributed by atoms with Crippen molar-refractivity contribution in [1.29, 1.82) is 0 Å². The van der Waals surface area contributed by atoms with Gasteiger partial charge >= 0.3 is 0 Å². The number of ketones is 1. The average molecular weight is 487 g/mol. The van der Waals surface area contributed by atoms with E-state index in [2.05, 4.69) is 28.4 Å². The van der Waals surface area contributed by atoms with Crippen molar-refractivity contribution < 1.29 is 9.59 Å². The van der Waals surface area contributed by atoms with E-state index in [1.165, 1.54) is 29.3 Å². The fraction of sp³-hybridized carbons (Fsp3) is 0.357. The molecule has 2 aromatic carbocycles. The molecule has 0 unspecified atom stereocenters. The van der Waals surface area contributed by atoms with Crippen LogP contribution in [0.2, 0.25) is 0 Å².